The van der Waals surface area contributed by atoms with Gasteiger partial charge in [0.25, 0.3) is 0 Å². The molecule has 0 saturated carbocycles. The molecule has 2 N–H and O–H groups in total. The maximum atomic E-state index is 5.94. The third kappa shape index (κ3) is 1.75. The molecule has 2 nitrogen and oxygen atoms in total. The van der Waals surface area contributed by atoms with Crippen LogP contribution >= 0.6 is 12.4 Å². The second kappa shape index (κ2) is 3.87. The highest BCUT2D eigenvalue weighted by Gasteiger charge is 2.16. The SMILES string of the molecule is Cl.NC1CCc2cc3ccoc3cc2C1. The van der Waals surface area contributed by atoms with E-state index in [1.165, 1.54) is 16.5 Å². The summed E-state index contributed by atoms with van der Waals surface area (Å²) in [7, 11) is 0. The van der Waals surface area contributed by atoms with Crippen molar-refractivity contribution < 1.29 is 4.42 Å². The van der Waals surface area contributed by atoms with Crippen molar-refractivity contribution >= 4 is 23.4 Å². The number of aryl methyl sites for hydroxylation is 1. The molecule has 0 aliphatic heterocycles. The highest BCUT2D eigenvalue weighted by Crippen LogP contribution is 2.26. The van der Waals surface area contributed by atoms with Crippen molar-refractivity contribution in [1.29, 1.82) is 0 Å². The first-order valence-electron chi connectivity index (χ1n) is 5.07. The predicted octanol–water partition coefficient (Wildman–Crippen LogP) is 2.67. The van der Waals surface area contributed by atoms with Crippen LogP contribution in [0, 0.1) is 0 Å². The van der Waals surface area contributed by atoms with E-state index in [1.807, 2.05) is 6.07 Å². The van der Waals surface area contributed by atoms with Crippen LogP contribution in [0.15, 0.2) is 28.9 Å². The molecule has 1 aliphatic carbocycles. The van der Waals surface area contributed by atoms with Crippen LogP contribution in [0.3, 0.4) is 0 Å². The van der Waals surface area contributed by atoms with Gasteiger partial charge in [0.1, 0.15) is 5.58 Å². The second-order valence-electron chi connectivity index (χ2n) is 4.08. The number of nitrogens with two attached hydrogens (primary N) is 1. The molecule has 15 heavy (non-hydrogen) atoms. The van der Waals surface area contributed by atoms with Crippen molar-refractivity contribution in [2.45, 2.75) is 25.3 Å². The Labute approximate surface area is 94.9 Å². The fourth-order valence-electron chi connectivity index (χ4n) is 2.25. The molecule has 1 aromatic carbocycles. The molecule has 1 unspecified atom stereocenters. The maximum absolute atomic E-state index is 5.94. The van der Waals surface area contributed by atoms with Gasteiger partial charge in [-0.2, -0.15) is 0 Å². The zero-order valence-electron chi connectivity index (χ0n) is 8.40. The lowest BCUT2D eigenvalue weighted by Gasteiger charge is -2.20. The van der Waals surface area contributed by atoms with Gasteiger partial charge in [0.15, 0.2) is 0 Å². The highest BCUT2D eigenvalue weighted by atomic mass is 35.5. The Balaban J connectivity index is 0.000000853. The Morgan fingerprint density at radius 2 is 2.13 bits per heavy atom. The van der Waals surface area contributed by atoms with E-state index < -0.39 is 0 Å². The molecule has 3 heteroatoms. The summed E-state index contributed by atoms with van der Waals surface area (Å²) in [6.45, 7) is 0. The van der Waals surface area contributed by atoms with Crippen LogP contribution in [0.4, 0.5) is 0 Å². The van der Waals surface area contributed by atoms with E-state index in [9.17, 15) is 0 Å². The Morgan fingerprint density at radius 3 is 3.00 bits per heavy atom. The number of furan rings is 1. The van der Waals surface area contributed by atoms with E-state index in [1.54, 1.807) is 6.26 Å². The van der Waals surface area contributed by atoms with Crippen molar-refractivity contribution in [3.8, 4) is 0 Å². The molecule has 0 bridgehead atoms. The Morgan fingerprint density at radius 1 is 1.27 bits per heavy atom. The predicted molar refractivity (Wildman–Crippen MR) is 63.5 cm³/mol. The van der Waals surface area contributed by atoms with Gasteiger partial charge in [-0.05, 0) is 48.6 Å². The van der Waals surface area contributed by atoms with E-state index in [2.05, 4.69) is 12.1 Å². The summed E-state index contributed by atoms with van der Waals surface area (Å²) in [6, 6.07) is 6.73. The van der Waals surface area contributed by atoms with Crippen molar-refractivity contribution in [1.82, 2.24) is 0 Å². The van der Waals surface area contributed by atoms with E-state index in [4.69, 9.17) is 10.2 Å². The number of fused-ring (bicyclic) bond motifs is 2. The fourth-order valence-corrected chi connectivity index (χ4v) is 2.25. The van der Waals surface area contributed by atoms with Gasteiger partial charge >= 0.3 is 0 Å². The van der Waals surface area contributed by atoms with Gasteiger partial charge in [-0.15, -0.1) is 12.4 Å². The number of hydrogen-bond donors (Lipinski definition) is 1. The number of benzene rings is 1. The summed E-state index contributed by atoms with van der Waals surface area (Å²) in [6.07, 6.45) is 4.95. The number of rotatable bonds is 0. The quantitative estimate of drug-likeness (QED) is 0.746. The lowest BCUT2D eigenvalue weighted by atomic mass is 9.88. The highest BCUT2D eigenvalue weighted by molar-refractivity contribution is 5.85. The molecule has 1 heterocycles. The van der Waals surface area contributed by atoms with E-state index in [-0.39, 0.29) is 12.4 Å². The fraction of sp³-hybridized carbons (Fsp3) is 0.333. The lowest BCUT2D eigenvalue weighted by molar-refractivity contribution is 0.574. The zero-order valence-corrected chi connectivity index (χ0v) is 9.22. The molecular formula is C12H14ClNO. The zero-order chi connectivity index (χ0) is 9.54. The van der Waals surface area contributed by atoms with Gasteiger partial charge in [-0.25, -0.2) is 0 Å². The summed E-state index contributed by atoms with van der Waals surface area (Å²) in [4.78, 5) is 0. The van der Waals surface area contributed by atoms with Crippen LogP contribution in [0.1, 0.15) is 17.5 Å². The van der Waals surface area contributed by atoms with Crippen LogP contribution in [0.5, 0.6) is 0 Å². The third-order valence-corrected chi connectivity index (χ3v) is 3.04. The summed E-state index contributed by atoms with van der Waals surface area (Å²) in [5.74, 6) is 0. The molecule has 0 radical (unpaired) electrons. The third-order valence-electron chi connectivity index (χ3n) is 3.04. The first-order chi connectivity index (χ1) is 6.83. The number of halogens is 1. The summed E-state index contributed by atoms with van der Waals surface area (Å²) >= 11 is 0. The smallest absolute Gasteiger partial charge is 0.134 e. The Hall–Kier alpha value is -0.990. The normalized spacial score (nSPS) is 19.7. The van der Waals surface area contributed by atoms with Crippen LogP contribution in [0.2, 0.25) is 0 Å². The monoisotopic (exact) mass is 223 g/mol. The standard InChI is InChI=1S/C12H13NO.ClH/c13-11-2-1-8-5-9-3-4-14-12(9)7-10(8)6-11;/h3-5,7,11H,1-2,6,13H2;1H. The molecule has 2 aromatic rings. The van der Waals surface area contributed by atoms with E-state index >= 15 is 0 Å². The molecule has 0 saturated heterocycles. The van der Waals surface area contributed by atoms with Crippen molar-refractivity contribution in [2.24, 2.45) is 5.73 Å². The van der Waals surface area contributed by atoms with Crippen molar-refractivity contribution in [2.75, 3.05) is 0 Å². The topological polar surface area (TPSA) is 39.2 Å². The first kappa shape index (κ1) is 10.5. The van der Waals surface area contributed by atoms with E-state index in [0.29, 0.717) is 6.04 Å². The van der Waals surface area contributed by atoms with Crippen LogP contribution in [-0.4, -0.2) is 6.04 Å². The van der Waals surface area contributed by atoms with E-state index in [0.717, 1.165) is 24.8 Å². The van der Waals surface area contributed by atoms with Crippen molar-refractivity contribution in [3.63, 3.8) is 0 Å². The van der Waals surface area contributed by atoms with Crippen LogP contribution in [-0.2, 0) is 12.8 Å². The molecule has 0 amide bonds. The molecule has 0 fully saturated rings. The average molecular weight is 224 g/mol. The second-order valence-corrected chi connectivity index (χ2v) is 4.08. The van der Waals surface area contributed by atoms with Gasteiger partial charge in [0.2, 0.25) is 0 Å². The minimum absolute atomic E-state index is 0. The van der Waals surface area contributed by atoms with Gasteiger partial charge in [0, 0.05) is 11.4 Å². The molecule has 3 rings (SSSR count). The Kier molecular flexibility index (Phi) is 2.72. The molecule has 1 atom stereocenters. The summed E-state index contributed by atoms with van der Waals surface area (Å²) in [5.41, 5.74) is 9.73. The van der Waals surface area contributed by atoms with Crippen LogP contribution < -0.4 is 5.73 Å². The Bertz CT molecular complexity index is 477. The maximum Gasteiger partial charge on any atom is 0.134 e. The van der Waals surface area contributed by atoms with Gasteiger partial charge < -0.3 is 10.2 Å². The minimum Gasteiger partial charge on any atom is -0.464 e. The molecular weight excluding hydrogens is 210 g/mol. The summed E-state index contributed by atoms with van der Waals surface area (Å²) < 4.78 is 5.38. The van der Waals surface area contributed by atoms with Gasteiger partial charge in [0.05, 0.1) is 6.26 Å². The van der Waals surface area contributed by atoms with Gasteiger partial charge in [-0.3, -0.25) is 0 Å². The summed E-state index contributed by atoms with van der Waals surface area (Å²) in [5, 5.41) is 1.21. The molecule has 1 aliphatic rings. The molecule has 80 valence electrons. The van der Waals surface area contributed by atoms with Gasteiger partial charge in [-0.1, -0.05) is 0 Å². The van der Waals surface area contributed by atoms with Crippen molar-refractivity contribution in [3.05, 3.63) is 35.6 Å². The first-order valence-corrected chi connectivity index (χ1v) is 5.07. The lowest BCUT2D eigenvalue weighted by Crippen LogP contribution is -2.27. The minimum atomic E-state index is 0. The number of hydrogen-bond acceptors (Lipinski definition) is 2. The van der Waals surface area contributed by atoms with Crippen LogP contribution in [0.25, 0.3) is 11.0 Å². The average Bonchev–Trinajstić information content (AvgIpc) is 2.61. The molecule has 1 aromatic heterocycles. The largest absolute Gasteiger partial charge is 0.464 e. The molecule has 0 spiro atoms.